The molecule has 0 aliphatic carbocycles. The highest BCUT2D eigenvalue weighted by atomic mass is 32.2. The second-order valence-electron chi connectivity index (χ2n) is 5.13. The van der Waals surface area contributed by atoms with Crippen LogP contribution in [-0.4, -0.2) is 51.2 Å². The summed E-state index contributed by atoms with van der Waals surface area (Å²) in [6.07, 6.45) is 10.2. The van der Waals surface area contributed by atoms with E-state index >= 15 is 0 Å². The van der Waals surface area contributed by atoms with Crippen molar-refractivity contribution >= 4 is 22.5 Å². The molecule has 18 heavy (non-hydrogen) atoms. The summed E-state index contributed by atoms with van der Waals surface area (Å²) in [6.45, 7) is 1.66. The van der Waals surface area contributed by atoms with E-state index in [9.17, 15) is 8.42 Å². The molecular weight excluding hydrogens is 266 g/mol. The van der Waals surface area contributed by atoms with Gasteiger partial charge in [0.05, 0.1) is 5.75 Å². The van der Waals surface area contributed by atoms with Crippen molar-refractivity contribution in [3.05, 3.63) is 0 Å². The molecule has 3 nitrogen and oxygen atoms in total. The van der Waals surface area contributed by atoms with Crippen LogP contribution < -0.4 is 0 Å². The molecule has 0 N–H and O–H groups in total. The first-order chi connectivity index (χ1) is 8.45. The summed E-state index contributed by atoms with van der Waals surface area (Å²) in [4.78, 5) is 2.11. The summed E-state index contributed by atoms with van der Waals surface area (Å²) in [5.41, 5.74) is 0. The third-order valence-corrected chi connectivity index (χ3v) is 4.28. The smallest absolute Gasteiger partial charge is 0.148 e. The van der Waals surface area contributed by atoms with E-state index in [1.54, 1.807) is 0 Å². The van der Waals surface area contributed by atoms with Crippen molar-refractivity contribution in [2.45, 2.75) is 44.9 Å². The maximum atomic E-state index is 11.0. The molecule has 110 valence electrons. The van der Waals surface area contributed by atoms with Gasteiger partial charge < -0.3 is 4.90 Å². The fourth-order valence-corrected chi connectivity index (χ4v) is 2.68. The normalized spacial score (nSPS) is 12.2. The van der Waals surface area contributed by atoms with E-state index in [1.807, 2.05) is 7.05 Å². The van der Waals surface area contributed by atoms with Gasteiger partial charge in [-0.15, -0.1) is 0 Å². The van der Waals surface area contributed by atoms with Crippen molar-refractivity contribution in [3.63, 3.8) is 0 Å². The van der Waals surface area contributed by atoms with Crippen LogP contribution in [0, 0.1) is 0 Å². The van der Waals surface area contributed by atoms with Crippen LogP contribution in [0.3, 0.4) is 0 Å². The Morgan fingerprint density at radius 1 is 0.889 bits per heavy atom. The van der Waals surface area contributed by atoms with E-state index in [0.29, 0.717) is 6.54 Å². The van der Waals surface area contributed by atoms with Gasteiger partial charge in [0.15, 0.2) is 0 Å². The molecule has 0 aliphatic rings. The van der Waals surface area contributed by atoms with Crippen molar-refractivity contribution in [1.29, 1.82) is 0 Å². The minimum atomic E-state index is -2.82. The van der Waals surface area contributed by atoms with E-state index in [-0.39, 0.29) is 5.75 Å². The Balaban J connectivity index is 3.28. The average Bonchev–Trinajstić information content (AvgIpc) is 2.29. The molecule has 0 heterocycles. The van der Waals surface area contributed by atoms with Gasteiger partial charge in [-0.2, -0.15) is 12.6 Å². The number of hydrogen-bond donors (Lipinski definition) is 1. The molecule has 0 aromatic rings. The van der Waals surface area contributed by atoms with E-state index in [2.05, 4.69) is 17.5 Å². The molecule has 0 radical (unpaired) electrons. The number of rotatable bonds is 12. The minimum Gasteiger partial charge on any atom is -0.305 e. The number of hydrogen-bond acceptors (Lipinski definition) is 4. The molecule has 0 bridgehead atoms. The standard InChI is InChI=1S/C13H29NO2S2/c1-14(11-13-18(2,15)16)10-8-6-4-3-5-7-9-12-17/h17H,3-13H2,1-2H3. The Morgan fingerprint density at radius 2 is 1.39 bits per heavy atom. The van der Waals surface area contributed by atoms with Crippen LogP contribution in [0.25, 0.3) is 0 Å². The van der Waals surface area contributed by atoms with Crippen molar-refractivity contribution in [3.8, 4) is 0 Å². The van der Waals surface area contributed by atoms with Gasteiger partial charge in [0.2, 0.25) is 0 Å². The Bertz CT molecular complexity index is 279. The van der Waals surface area contributed by atoms with Crippen LogP contribution in [0.15, 0.2) is 0 Å². The first-order valence-electron chi connectivity index (χ1n) is 6.93. The quantitative estimate of drug-likeness (QED) is 0.444. The highest BCUT2D eigenvalue weighted by Gasteiger charge is 2.04. The second-order valence-corrected chi connectivity index (χ2v) is 7.84. The SMILES string of the molecule is CN(CCCCCCCCCS)CCS(C)(=O)=O. The number of sulfone groups is 1. The second kappa shape index (κ2) is 11.1. The zero-order valence-electron chi connectivity index (χ0n) is 11.9. The summed E-state index contributed by atoms with van der Waals surface area (Å²) >= 11 is 4.19. The monoisotopic (exact) mass is 295 g/mol. The molecule has 0 aliphatic heterocycles. The summed E-state index contributed by atoms with van der Waals surface area (Å²) in [7, 11) is -0.817. The van der Waals surface area contributed by atoms with Gasteiger partial charge in [-0.05, 0) is 32.2 Å². The molecule has 0 rings (SSSR count). The summed E-state index contributed by atoms with van der Waals surface area (Å²) in [5, 5.41) is 0. The van der Waals surface area contributed by atoms with Gasteiger partial charge >= 0.3 is 0 Å². The van der Waals surface area contributed by atoms with Crippen molar-refractivity contribution in [2.24, 2.45) is 0 Å². The summed E-state index contributed by atoms with van der Waals surface area (Å²) in [6, 6.07) is 0. The highest BCUT2D eigenvalue weighted by molar-refractivity contribution is 7.90. The third kappa shape index (κ3) is 14.3. The molecule has 0 aromatic heterocycles. The van der Waals surface area contributed by atoms with Crippen molar-refractivity contribution < 1.29 is 8.42 Å². The predicted molar refractivity (Wildman–Crippen MR) is 83.4 cm³/mol. The van der Waals surface area contributed by atoms with Gasteiger partial charge in [-0.25, -0.2) is 8.42 Å². The lowest BCUT2D eigenvalue weighted by Crippen LogP contribution is -2.26. The van der Waals surface area contributed by atoms with Gasteiger partial charge in [0, 0.05) is 12.8 Å². The van der Waals surface area contributed by atoms with E-state index in [1.165, 1.54) is 51.2 Å². The lowest BCUT2D eigenvalue weighted by molar-refractivity contribution is 0.341. The van der Waals surface area contributed by atoms with E-state index in [0.717, 1.165) is 12.3 Å². The van der Waals surface area contributed by atoms with E-state index in [4.69, 9.17) is 0 Å². The van der Waals surface area contributed by atoms with Gasteiger partial charge in [-0.3, -0.25) is 0 Å². The van der Waals surface area contributed by atoms with Gasteiger partial charge in [0.1, 0.15) is 9.84 Å². The van der Waals surface area contributed by atoms with Crippen LogP contribution in [-0.2, 0) is 9.84 Å². The molecule has 0 fully saturated rings. The maximum Gasteiger partial charge on any atom is 0.148 e. The fraction of sp³-hybridized carbons (Fsp3) is 1.00. The van der Waals surface area contributed by atoms with Crippen LogP contribution in [0.4, 0.5) is 0 Å². The Kier molecular flexibility index (Phi) is 11.3. The average molecular weight is 296 g/mol. The van der Waals surface area contributed by atoms with Crippen molar-refractivity contribution in [2.75, 3.05) is 37.9 Å². The third-order valence-electron chi connectivity index (χ3n) is 3.04. The highest BCUT2D eigenvalue weighted by Crippen LogP contribution is 2.07. The molecule has 0 amide bonds. The predicted octanol–water partition coefficient (Wildman–Crippen LogP) is 2.62. The molecule has 0 saturated heterocycles. The lowest BCUT2D eigenvalue weighted by Gasteiger charge is -2.15. The Morgan fingerprint density at radius 3 is 1.89 bits per heavy atom. The molecule has 5 heteroatoms. The molecule has 0 saturated carbocycles. The Labute approximate surface area is 119 Å². The zero-order chi connectivity index (χ0) is 13.9. The zero-order valence-corrected chi connectivity index (χ0v) is 13.6. The number of unbranched alkanes of at least 4 members (excludes halogenated alkanes) is 6. The first kappa shape index (κ1) is 18.3. The van der Waals surface area contributed by atoms with Crippen LogP contribution >= 0.6 is 12.6 Å². The largest absolute Gasteiger partial charge is 0.305 e. The first-order valence-corrected chi connectivity index (χ1v) is 9.62. The summed E-state index contributed by atoms with van der Waals surface area (Å²) < 4.78 is 22.0. The van der Waals surface area contributed by atoms with Crippen LogP contribution in [0.5, 0.6) is 0 Å². The van der Waals surface area contributed by atoms with E-state index < -0.39 is 9.84 Å². The molecule has 0 atom stereocenters. The lowest BCUT2D eigenvalue weighted by atomic mass is 10.1. The molecule has 0 spiro atoms. The van der Waals surface area contributed by atoms with Gasteiger partial charge in [0.25, 0.3) is 0 Å². The molecule has 0 unspecified atom stereocenters. The molecular formula is C13H29NO2S2. The topological polar surface area (TPSA) is 37.4 Å². The van der Waals surface area contributed by atoms with Crippen LogP contribution in [0.2, 0.25) is 0 Å². The number of thiol groups is 1. The van der Waals surface area contributed by atoms with Gasteiger partial charge in [-0.1, -0.05) is 32.1 Å². The molecule has 0 aromatic carbocycles. The Hall–Kier alpha value is 0.260. The summed E-state index contributed by atoms with van der Waals surface area (Å²) in [5.74, 6) is 1.28. The van der Waals surface area contributed by atoms with Crippen molar-refractivity contribution in [1.82, 2.24) is 4.90 Å². The number of nitrogens with zero attached hydrogens (tertiary/aromatic N) is 1. The maximum absolute atomic E-state index is 11.0. The fourth-order valence-electron chi connectivity index (χ4n) is 1.81. The minimum absolute atomic E-state index is 0.271. The van der Waals surface area contributed by atoms with Crippen LogP contribution in [0.1, 0.15) is 44.9 Å².